The molecule has 6 heteroatoms. The molecule has 0 unspecified atom stereocenters. The van der Waals surface area contributed by atoms with Crippen LogP contribution in [0.1, 0.15) is 42.3 Å². The number of likely N-dealkylation sites (tertiary alicyclic amines) is 1. The second kappa shape index (κ2) is 7.03. The molecule has 1 fully saturated rings. The number of amides is 1. The van der Waals surface area contributed by atoms with E-state index in [1.807, 2.05) is 29.2 Å². The zero-order valence-electron chi connectivity index (χ0n) is 14.5. The van der Waals surface area contributed by atoms with Crippen LogP contribution in [0.4, 0.5) is 5.69 Å². The van der Waals surface area contributed by atoms with Crippen LogP contribution in [0, 0.1) is 18.8 Å². The molecule has 1 aliphatic heterocycles. The van der Waals surface area contributed by atoms with Gasteiger partial charge in [-0.2, -0.15) is 4.98 Å². The van der Waals surface area contributed by atoms with Gasteiger partial charge in [0.2, 0.25) is 5.89 Å². The Morgan fingerprint density at radius 2 is 2.00 bits per heavy atom. The van der Waals surface area contributed by atoms with Gasteiger partial charge in [0.15, 0.2) is 5.82 Å². The van der Waals surface area contributed by atoms with Crippen molar-refractivity contribution in [3.05, 3.63) is 41.5 Å². The summed E-state index contributed by atoms with van der Waals surface area (Å²) in [4.78, 5) is 19.1. The third-order valence-corrected chi connectivity index (χ3v) is 4.31. The third-order valence-electron chi connectivity index (χ3n) is 4.31. The molecule has 0 aliphatic carbocycles. The summed E-state index contributed by atoms with van der Waals surface area (Å²) >= 11 is 0. The van der Waals surface area contributed by atoms with Gasteiger partial charge >= 0.3 is 0 Å². The molecule has 0 bridgehead atoms. The number of hydrogen-bond donors (Lipinski definition) is 1. The Morgan fingerprint density at radius 1 is 1.29 bits per heavy atom. The normalized spacial score (nSPS) is 20.9. The Bertz CT molecular complexity index is 703. The number of carbonyl (C=O) groups is 1. The predicted octanol–water partition coefficient (Wildman–Crippen LogP) is 3.11. The standard InChI is InChI=1S/C18H24N4O2/c1-12-8-13(2)11-22(10-12)18(23)15-6-4-5-7-16(15)19-9-17-20-14(3)21-24-17/h4-7,12-13,19H,8-11H2,1-3H3/t12-,13-/m1/s1. The highest BCUT2D eigenvalue weighted by Gasteiger charge is 2.27. The maximum absolute atomic E-state index is 13.0. The lowest BCUT2D eigenvalue weighted by atomic mass is 9.91. The molecule has 0 spiro atoms. The minimum atomic E-state index is 0.0817. The van der Waals surface area contributed by atoms with Crippen LogP contribution in [-0.2, 0) is 6.54 Å². The lowest BCUT2D eigenvalue weighted by molar-refractivity contribution is 0.0624. The minimum absolute atomic E-state index is 0.0817. The van der Waals surface area contributed by atoms with Crippen molar-refractivity contribution in [2.45, 2.75) is 33.7 Å². The number of aryl methyl sites for hydroxylation is 1. The molecule has 1 aromatic carbocycles. The largest absolute Gasteiger partial charge is 0.375 e. The van der Waals surface area contributed by atoms with Gasteiger partial charge in [0.1, 0.15) is 0 Å². The molecule has 2 aromatic rings. The molecule has 1 saturated heterocycles. The van der Waals surface area contributed by atoms with Crippen LogP contribution in [0.5, 0.6) is 0 Å². The van der Waals surface area contributed by atoms with Gasteiger partial charge in [0.25, 0.3) is 5.91 Å². The molecule has 24 heavy (non-hydrogen) atoms. The molecule has 1 N–H and O–H groups in total. The summed E-state index contributed by atoms with van der Waals surface area (Å²) < 4.78 is 5.11. The van der Waals surface area contributed by atoms with Crippen molar-refractivity contribution in [3.63, 3.8) is 0 Å². The van der Waals surface area contributed by atoms with Crippen molar-refractivity contribution in [2.75, 3.05) is 18.4 Å². The van der Waals surface area contributed by atoms with E-state index in [-0.39, 0.29) is 5.91 Å². The fourth-order valence-electron chi connectivity index (χ4n) is 3.41. The van der Waals surface area contributed by atoms with Crippen LogP contribution in [0.25, 0.3) is 0 Å². The third kappa shape index (κ3) is 3.75. The molecular formula is C18H24N4O2. The van der Waals surface area contributed by atoms with Crippen LogP contribution in [0.15, 0.2) is 28.8 Å². The SMILES string of the molecule is Cc1noc(CNc2ccccc2C(=O)N2C[C@H](C)C[C@@H](C)C2)n1. The fourth-order valence-corrected chi connectivity index (χ4v) is 3.41. The molecule has 2 atom stereocenters. The Kier molecular flexibility index (Phi) is 4.83. The second-order valence-electron chi connectivity index (χ2n) is 6.79. The minimum Gasteiger partial charge on any atom is -0.375 e. The van der Waals surface area contributed by atoms with Crippen LogP contribution < -0.4 is 5.32 Å². The number of nitrogens with one attached hydrogen (secondary N) is 1. The second-order valence-corrected chi connectivity index (χ2v) is 6.79. The molecule has 0 saturated carbocycles. The van der Waals surface area contributed by atoms with E-state index >= 15 is 0 Å². The first-order valence-electron chi connectivity index (χ1n) is 8.44. The van der Waals surface area contributed by atoms with Gasteiger partial charge in [-0.3, -0.25) is 4.79 Å². The highest BCUT2D eigenvalue weighted by atomic mass is 16.5. The molecule has 1 aliphatic rings. The quantitative estimate of drug-likeness (QED) is 0.934. The zero-order chi connectivity index (χ0) is 17.1. The fraction of sp³-hybridized carbons (Fsp3) is 0.500. The lowest BCUT2D eigenvalue weighted by Gasteiger charge is -2.35. The van der Waals surface area contributed by atoms with Gasteiger partial charge in [-0.25, -0.2) is 0 Å². The summed E-state index contributed by atoms with van der Waals surface area (Å²) in [5.41, 5.74) is 1.49. The number of piperidine rings is 1. The van der Waals surface area contributed by atoms with E-state index in [2.05, 4.69) is 29.3 Å². The summed E-state index contributed by atoms with van der Waals surface area (Å²) in [6.07, 6.45) is 1.18. The van der Waals surface area contributed by atoms with Gasteiger partial charge < -0.3 is 14.7 Å². The predicted molar refractivity (Wildman–Crippen MR) is 91.7 cm³/mol. The number of hydrogen-bond acceptors (Lipinski definition) is 5. The summed E-state index contributed by atoms with van der Waals surface area (Å²) in [5.74, 6) is 2.28. The number of nitrogens with zero attached hydrogens (tertiary/aromatic N) is 3. The average molecular weight is 328 g/mol. The van der Waals surface area contributed by atoms with Crippen molar-refractivity contribution in [1.82, 2.24) is 15.0 Å². The lowest BCUT2D eigenvalue weighted by Crippen LogP contribution is -2.42. The highest BCUT2D eigenvalue weighted by molar-refractivity contribution is 5.99. The van der Waals surface area contributed by atoms with E-state index < -0.39 is 0 Å². The molecule has 1 amide bonds. The number of para-hydroxylation sites is 1. The first-order valence-corrected chi connectivity index (χ1v) is 8.44. The molecule has 2 heterocycles. The number of aromatic nitrogens is 2. The first-order chi connectivity index (χ1) is 11.5. The molecular weight excluding hydrogens is 304 g/mol. The van der Waals surface area contributed by atoms with E-state index in [1.165, 1.54) is 6.42 Å². The van der Waals surface area contributed by atoms with Crippen LogP contribution in [0.2, 0.25) is 0 Å². The number of benzene rings is 1. The molecule has 1 aromatic heterocycles. The Labute approximate surface area is 142 Å². The van der Waals surface area contributed by atoms with Crippen molar-refractivity contribution in [3.8, 4) is 0 Å². The van der Waals surface area contributed by atoms with Gasteiger partial charge in [-0.05, 0) is 37.3 Å². The van der Waals surface area contributed by atoms with Crippen LogP contribution >= 0.6 is 0 Å². The summed E-state index contributed by atoms with van der Waals surface area (Å²) in [5, 5.41) is 7.02. The smallest absolute Gasteiger partial charge is 0.255 e. The van der Waals surface area contributed by atoms with Crippen molar-refractivity contribution >= 4 is 11.6 Å². The summed E-state index contributed by atoms with van der Waals surface area (Å²) in [7, 11) is 0. The van der Waals surface area contributed by atoms with Gasteiger partial charge in [-0.1, -0.05) is 31.1 Å². The summed E-state index contributed by atoms with van der Waals surface area (Å²) in [6, 6.07) is 7.59. The molecule has 0 radical (unpaired) electrons. The highest BCUT2D eigenvalue weighted by Crippen LogP contribution is 2.25. The zero-order valence-corrected chi connectivity index (χ0v) is 14.5. The first kappa shape index (κ1) is 16.5. The Morgan fingerprint density at radius 3 is 2.67 bits per heavy atom. The van der Waals surface area contributed by atoms with E-state index in [1.54, 1.807) is 6.92 Å². The number of anilines is 1. The van der Waals surface area contributed by atoms with Crippen molar-refractivity contribution < 1.29 is 9.32 Å². The van der Waals surface area contributed by atoms with Crippen LogP contribution in [0.3, 0.4) is 0 Å². The Hall–Kier alpha value is -2.37. The average Bonchev–Trinajstić information content (AvgIpc) is 2.97. The number of rotatable bonds is 4. The van der Waals surface area contributed by atoms with E-state index in [9.17, 15) is 4.79 Å². The maximum atomic E-state index is 13.0. The van der Waals surface area contributed by atoms with Gasteiger partial charge in [-0.15, -0.1) is 0 Å². The molecule has 6 nitrogen and oxygen atoms in total. The van der Waals surface area contributed by atoms with E-state index in [0.717, 1.165) is 18.8 Å². The topological polar surface area (TPSA) is 71.3 Å². The maximum Gasteiger partial charge on any atom is 0.255 e. The number of carbonyl (C=O) groups excluding carboxylic acids is 1. The summed E-state index contributed by atoms with van der Waals surface area (Å²) in [6.45, 7) is 8.23. The monoisotopic (exact) mass is 328 g/mol. The van der Waals surface area contributed by atoms with Gasteiger partial charge in [0.05, 0.1) is 12.1 Å². The van der Waals surface area contributed by atoms with Crippen molar-refractivity contribution in [1.29, 1.82) is 0 Å². The van der Waals surface area contributed by atoms with E-state index in [0.29, 0.717) is 35.7 Å². The molecule has 128 valence electrons. The molecule has 3 rings (SSSR count). The Balaban J connectivity index is 1.74. The van der Waals surface area contributed by atoms with Crippen LogP contribution in [-0.4, -0.2) is 34.0 Å². The van der Waals surface area contributed by atoms with Crippen molar-refractivity contribution in [2.24, 2.45) is 11.8 Å². The van der Waals surface area contributed by atoms with Gasteiger partial charge in [0, 0.05) is 18.8 Å². The van der Waals surface area contributed by atoms with E-state index in [4.69, 9.17) is 4.52 Å².